The van der Waals surface area contributed by atoms with Gasteiger partial charge in [-0.25, -0.2) is 4.39 Å². The number of carbonyl (C=O) groups is 1. The summed E-state index contributed by atoms with van der Waals surface area (Å²) in [7, 11) is 0. The van der Waals surface area contributed by atoms with Crippen LogP contribution in [0.25, 0.3) is 0 Å². The van der Waals surface area contributed by atoms with Crippen LogP contribution in [0.2, 0.25) is 0 Å². The molecule has 0 aliphatic carbocycles. The van der Waals surface area contributed by atoms with Crippen LogP contribution >= 0.6 is 27.7 Å². The van der Waals surface area contributed by atoms with Crippen LogP contribution in [-0.2, 0) is 10.5 Å². The number of carbonyl (C=O) groups excluding carboxylic acids is 1. The van der Waals surface area contributed by atoms with Gasteiger partial charge in [0.1, 0.15) is 5.82 Å². The molecule has 0 bridgehead atoms. The zero-order valence-corrected chi connectivity index (χ0v) is 13.9. The number of hydrogen-bond donors (Lipinski definition) is 1. The van der Waals surface area contributed by atoms with E-state index in [-0.39, 0.29) is 16.8 Å². The van der Waals surface area contributed by atoms with Crippen LogP contribution in [-0.4, -0.2) is 11.2 Å². The zero-order chi connectivity index (χ0) is 15.2. The molecule has 0 aliphatic rings. The largest absolute Gasteiger partial charge is 0.323 e. The van der Waals surface area contributed by atoms with Crippen molar-refractivity contribution >= 4 is 39.3 Å². The highest BCUT2D eigenvalue weighted by Gasteiger charge is 2.15. The van der Waals surface area contributed by atoms with E-state index in [1.165, 1.54) is 17.8 Å². The van der Waals surface area contributed by atoms with Gasteiger partial charge in [-0.15, -0.1) is 11.8 Å². The fraction of sp³-hybridized carbons (Fsp3) is 0.188. The Balaban J connectivity index is 1.88. The number of hydrogen-bond acceptors (Lipinski definition) is 2. The Hall–Kier alpha value is -1.33. The molecule has 0 saturated heterocycles. The van der Waals surface area contributed by atoms with Gasteiger partial charge in [-0.05, 0) is 36.8 Å². The van der Waals surface area contributed by atoms with Gasteiger partial charge < -0.3 is 5.32 Å². The molecular formula is C16H15BrFNOS. The Morgan fingerprint density at radius 2 is 1.90 bits per heavy atom. The first-order chi connectivity index (χ1) is 10.1. The molecule has 0 heterocycles. The van der Waals surface area contributed by atoms with Gasteiger partial charge in [-0.3, -0.25) is 4.79 Å². The maximum atomic E-state index is 13.5. The summed E-state index contributed by atoms with van der Waals surface area (Å²) in [4.78, 5) is 12.0. The van der Waals surface area contributed by atoms with Crippen molar-refractivity contribution in [2.45, 2.75) is 17.9 Å². The summed E-state index contributed by atoms with van der Waals surface area (Å²) < 4.78 is 14.5. The van der Waals surface area contributed by atoms with Crippen LogP contribution in [0.3, 0.4) is 0 Å². The first-order valence-corrected chi connectivity index (χ1v) is 8.32. The second kappa shape index (κ2) is 7.61. The quantitative estimate of drug-likeness (QED) is 0.818. The number of para-hydroxylation sites is 1. The smallest absolute Gasteiger partial charge is 0.237 e. The molecule has 21 heavy (non-hydrogen) atoms. The van der Waals surface area contributed by atoms with E-state index in [0.717, 1.165) is 15.8 Å². The Morgan fingerprint density at radius 3 is 2.57 bits per heavy atom. The lowest BCUT2D eigenvalue weighted by Crippen LogP contribution is -2.23. The second-order valence-electron chi connectivity index (χ2n) is 4.55. The van der Waals surface area contributed by atoms with E-state index in [1.54, 1.807) is 18.2 Å². The van der Waals surface area contributed by atoms with Crippen molar-refractivity contribution in [2.75, 3.05) is 5.32 Å². The summed E-state index contributed by atoms with van der Waals surface area (Å²) in [5.74, 6) is 0.122. The molecule has 2 aromatic rings. The molecule has 1 unspecified atom stereocenters. The van der Waals surface area contributed by atoms with Gasteiger partial charge in [-0.2, -0.15) is 0 Å². The predicted molar refractivity (Wildman–Crippen MR) is 89.9 cm³/mol. The normalized spacial score (nSPS) is 12.0. The van der Waals surface area contributed by atoms with Gasteiger partial charge in [-0.1, -0.05) is 40.2 Å². The molecule has 5 heteroatoms. The van der Waals surface area contributed by atoms with Gasteiger partial charge in [0.25, 0.3) is 0 Å². The summed E-state index contributed by atoms with van der Waals surface area (Å²) in [6, 6.07) is 14.1. The number of halogens is 2. The number of rotatable bonds is 5. The molecule has 1 amide bonds. The van der Waals surface area contributed by atoms with Crippen molar-refractivity contribution in [2.24, 2.45) is 0 Å². The van der Waals surface area contributed by atoms with Crippen molar-refractivity contribution in [3.05, 3.63) is 64.4 Å². The lowest BCUT2D eigenvalue weighted by molar-refractivity contribution is -0.115. The van der Waals surface area contributed by atoms with Gasteiger partial charge in [0, 0.05) is 10.2 Å². The van der Waals surface area contributed by atoms with Crippen LogP contribution in [0.15, 0.2) is 53.0 Å². The van der Waals surface area contributed by atoms with Crippen molar-refractivity contribution in [3.63, 3.8) is 0 Å². The van der Waals surface area contributed by atoms with Crippen molar-refractivity contribution < 1.29 is 9.18 Å². The molecule has 2 rings (SSSR count). The second-order valence-corrected chi connectivity index (χ2v) is 6.79. The Morgan fingerprint density at radius 1 is 1.24 bits per heavy atom. The van der Waals surface area contributed by atoms with E-state index in [4.69, 9.17) is 0 Å². The molecular weight excluding hydrogens is 353 g/mol. The highest BCUT2D eigenvalue weighted by atomic mass is 79.9. The average Bonchev–Trinajstić information content (AvgIpc) is 2.48. The average molecular weight is 368 g/mol. The van der Waals surface area contributed by atoms with Crippen LogP contribution in [0.4, 0.5) is 10.1 Å². The number of thioether (sulfide) groups is 1. The third-order valence-corrected chi connectivity index (χ3v) is 4.66. The molecule has 0 spiro atoms. The Labute approximate surface area is 136 Å². The highest BCUT2D eigenvalue weighted by molar-refractivity contribution is 9.10. The van der Waals surface area contributed by atoms with E-state index in [1.807, 2.05) is 31.2 Å². The molecule has 1 N–H and O–H groups in total. The third kappa shape index (κ3) is 4.86. The van der Waals surface area contributed by atoms with E-state index in [2.05, 4.69) is 21.2 Å². The van der Waals surface area contributed by atoms with Crippen LogP contribution in [0.5, 0.6) is 0 Å². The number of benzene rings is 2. The van der Waals surface area contributed by atoms with E-state index in [9.17, 15) is 9.18 Å². The first kappa shape index (κ1) is 16.0. The highest BCUT2D eigenvalue weighted by Crippen LogP contribution is 2.21. The topological polar surface area (TPSA) is 29.1 Å². The third-order valence-electron chi connectivity index (χ3n) is 2.91. The minimum absolute atomic E-state index is 0.192. The minimum atomic E-state index is -0.420. The minimum Gasteiger partial charge on any atom is -0.323 e. The molecule has 0 saturated carbocycles. The lowest BCUT2D eigenvalue weighted by Gasteiger charge is -2.12. The first-order valence-electron chi connectivity index (χ1n) is 6.47. The standard InChI is InChI=1S/C16H15BrFNOS/c1-11(21-10-12-6-8-13(17)9-7-12)16(20)19-15-5-3-2-4-14(15)18/h2-9,11H,10H2,1H3,(H,19,20). The summed E-state index contributed by atoms with van der Waals surface area (Å²) in [6.07, 6.45) is 0. The van der Waals surface area contributed by atoms with Crippen molar-refractivity contribution in [3.8, 4) is 0 Å². The maximum Gasteiger partial charge on any atom is 0.237 e. The molecule has 1 atom stereocenters. The summed E-state index contributed by atoms with van der Waals surface area (Å²) >= 11 is 4.90. The van der Waals surface area contributed by atoms with E-state index < -0.39 is 5.82 Å². The van der Waals surface area contributed by atoms with Crippen LogP contribution in [0.1, 0.15) is 12.5 Å². The SMILES string of the molecule is CC(SCc1ccc(Br)cc1)C(=O)Nc1ccccc1F. The maximum absolute atomic E-state index is 13.5. The van der Waals surface area contributed by atoms with E-state index >= 15 is 0 Å². The van der Waals surface area contributed by atoms with E-state index in [0.29, 0.717) is 0 Å². The summed E-state index contributed by atoms with van der Waals surface area (Å²) in [5.41, 5.74) is 1.37. The summed E-state index contributed by atoms with van der Waals surface area (Å²) in [6.45, 7) is 1.82. The molecule has 2 aromatic carbocycles. The molecule has 0 aliphatic heterocycles. The van der Waals surface area contributed by atoms with Crippen LogP contribution in [0, 0.1) is 5.82 Å². The van der Waals surface area contributed by atoms with Gasteiger partial charge in [0.2, 0.25) is 5.91 Å². The van der Waals surface area contributed by atoms with Gasteiger partial charge >= 0.3 is 0 Å². The lowest BCUT2D eigenvalue weighted by atomic mass is 10.2. The Kier molecular flexibility index (Phi) is 5.82. The summed E-state index contributed by atoms with van der Waals surface area (Å²) in [5, 5.41) is 2.36. The van der Waals surface area contributed by atoms with Gasteiger partial charge in [0.15, 0.2) is 0 Å². The van der Waals surface area contributed by atoms with Crippen molar-refractivity contribution in [1.82, 2.24) is 0 Å². The molecule has 0 fully saturated rings. The number of anilines is 1. The number of amides is 1. The Bertz CT molecular complexity index is 618. The van der Waals surface area contributed by atoms with Crippen LogP contribution < -0.4 is 5.32 Å². The zero-order valence-electron chi connectivity index (χ0n) is 11.5. The van der Waals surface area contributed by atoms with Gasteiger partial charge in [0.05, 0.1) is 10.9 Å². The molecule has 0 aromatic heterocycles. The van der Waals surface area contributed by atoms with Crippen molar-refractivity contribution in [1.29, 1.82) is 0 Å². The fourth-order valence-electron chi connectivity index (χ4n) is 1.67. The number of nitrogens with one attached hydrogen (secondary N) is 1. The molecule has 110 valence electrons. The fourth-order valence-corrected chi connectivity index (χ4v) is 2.78. The predicted octanol–water partition coefficient (Wildman–Crippen LogP) is 4.85. The molecule has 2 nitrogen and oxygen atoms in total. The molecule has 0 radical (unpaired) electrons. The monoisotopic (exact) mass is 367 g/mol.